The molecule has 0 aromatic rings. The molecule has 0 aliphatic rings. The van der Waals surface area contributed by atoms with Crippen LogP contribution in [0.4, 0.5) is 0 Å². The fourth-order valence-electron chi connectivity index (χ4n) is 1.34. The molecule has 0 radical (unpaired) electrons. The van der Waals surface area contributed by atoms with Gasteiger partial charge in [-0.3, -0.25) is 0 Å². The molecule has 82 valence electrons. The first kappa shape index (κ1) is 16.1. The summed E-state index contributed by atoms with van der Waals surface area (Å²) >= 11 is 0. The van der Waals surface area contributed by atoms with Gasteiger partial charge in [0.05, 0.1) is 6.17 Å². The molecule has 0 aliphatic carbocycles. The van der Waals surface area contributed by atoms with Crippen LogP contribution in [0.5, 0.6) is 0 Å². The van der Waals surface area contributed by atoms with Crippen molar-refractivity contribution in [1.82, 2.24) is 0 Å². The van der Waals surface area contributed by atoms with Crippen molar-refractivity contribution in [3.63, 3.8) is 0 Å². The normalized spacial score (nSPS) is 10.2. The summed E-state index contributed by atoms with van der Waals surface area (Å²) in [6.45, 7) is 2.24. The van der Waals surface area contributed by atoms with Crippen LogP contribution < -0.4 is 11.5 Å². The minimum absolute atomic E-state index is 0. The third-order valence-electron chi connectivity index (χ3n) is 2.14. The first-order chi connectivity index (χ1) is 5.77. The summed E-state index contributed by atoms with van der Waals surface area (Å²) in [4.78, 5) is 0. The first-order valence-corrected chi connectivity index (χ1v) is 5.28. The number of hydrogen-bond acceptors (Lipinski definition) is 2. The molecule has 0 saturated heterocycles. The standard InChI is InChI=1S/C10H24N2.HI/c1-2-3-4-5-6-7-8-9-10(11)12;/h10H,2-9,11-12H2,1H3;1H. The van der Waals surface area contributed by atoms with Crippen LogP contribution in [0.3, 0.4) is 0 Å². The van der Waals surface area contributed by atoms with Gasteiger partial charge >= 0.3 is 0 Å². The molecule has 0 amide bonds. The van der Waals surface area contributed by atoms with Crippen LogP contribution in [-0.4, -0.2) is 6.17 Å². The largest absolute Gasteiger partial charge is 0.316 e. The molecule has 0 aliphatic heterocycles. The van der Waals surface area contributed by atoms with E-state index in [9.17, 15) is 0 Å². The summed E-state index contributed by atoms with van der Waals surface area (Å²) in [6.07, 6.45) is 10.2. The van der Waals surface area contributed by atoms with E-state index in [4.69, 9.17) is 11.5 Å². The Balaban J connectivity index is 0. The highest BCUT2D eigenvalue weighted by Crippen LogP contribution is 2.08. The highest BCUT2D eigenvalue weighted by molar-refractivity contribution is 14.0. The molecule has 0 unspecified atom stereocenters. The van der Waals surface area contributed by atoms with Crippen molar-refractivity contribution in [2.24, 2.45) is 11.5 Å². The van der Waals surface area contributed by atoms with Crippen LogP contribution in [0, 0.1) is 0 Å². The second-order valence-corrected chi connectivity index (χ2v) is 3.57. The van der Waals surface area contributed by atoms with Gasteiger partial charge in [0, 0.05) is 0 Å². The summed E-state index contributed by atoms with van der Waals surface area (Å²) in [7, 11) is 0. The van der Waals surface area contributed by atoms with Gasteiger partial charge in [-0.15, -0.1) is 24.0 Å². The minimum atomic E-state index is -0.0966. The van der Waals surface area contributed by atoms with E-state index in [1.807, 2.05) is 0 Å². The van der Waals surface area contributed by atoms with Crippen molar-refractivity contribution >= 4 is 24.0 Å². The Hall–Kier alpha value is 0.650. The Bertz CT molecular complexity index is 87.0. The van der Waals surface area contributed by atoms with Gasteiger partial charge in [0.25, 0.3) is 0 Å². The third kappa shape index (κ3) is 15.4. The molecule has 0 saturated carbocycles. The van der Waals surface area contributed by atoms with Crippen molar-refractivity contribution in [3.8, 4) is 0 Å². The Morgan fingerprint density at radius 2 is 1.31 bits per heavy atom. The Morgan fingerprint density at radius 1 is 0.846 bits per heavy atom. The van der Waals surface area contributed by atoms with E-state index in [0.717, 1.165) is 6.42 Å². The van der Waals surface area contributed by atoms with Gasteiger partial charge in [0.2, 0.25) is 0 Å². The van der Waals surface area contributed by atoms with Crippen molar-refractivity contribution in [1.29, 1.82) is 0 Å². The minimum Gasteiger partial charge on any atom is -0.316 e. The van der Waals surface area contributed by atoms with E-state index in [0.29, 0.717) is 0 Å². The second kappa shape index (κ2) is 12.7. The molecule has 0 spiro atoms. The number of nitrogens with two attached hydrogens (primary N) is 2. The van der Waals surface area contributed by atoms with Gasteiger partial charge in [-0.1, -0.05) is 51.9 Å². The topological polar surface area (TPSA) is 52.0 Å². The lowest BCUT2D eigenvalue weighted by molar-refractivity contribution is 0.538. The van der Waals surface area contributed by atoms with Crippen LogP contribution >= 0.6 is 24.0 Å². The highest BCUT2D eigenvalue weighted by Gasteiger charge is 1.94. The zero-order valence-electron chi connectivity index (χ0n) is 8.80. The van der Waals surface area contributed by atoms with Crippen LogP contribution in [-0.2, 0) is 0 Å². The number of unbranched alkanes of at least 4 members (excludes halogenated alkanes) is 6. The molecule has 13 heavy (non-hydrogen) atoms. The summed E-state index contributed by atoms with van der Waals surface area (Å²) in [5.41, 5.74) is 10.9. The first-order valence-electron chi connectivity index (χ1n) is 5.28. The number of rotatable bonds is 8. The van der Waals surface area contributed by atoms with Crippen LogP contribution in [0.2, 0.25) is 0 Å². The lowest BCUT2D eigenvalue weighted by atomic mass is 10.1. The molecule has 0 rings (SSSR count). The van der Waals surface area contributed by atoms with E-state index in [1.54, 1.807) is 0 Å². The molecule has 0 bridgehead atoms. The van der Waals surface area contributed by atoms with Gasteiger partial charge < -0.3 is 11.5 Å². The maximum absolute atomic E-state index is 5.43. The molecule has 0 aromatic heterocycles. The van der Waals surface area contributed by atoms with Crippen molar-refractivity contribution in [3.05, 3.63) is 0 Å². The Labute approximate surface area is 99.8 Å². The zero-order valence-corrected chi connectivity index (χ0v) is 11.1. The maximum atomic E-state index is 5.43. The van der Waals surface area contributed by atoms with Crippen molar-refractivity contribution in [2.75, 3.05) is 0 Å². The average Bonchev–Trinajstić information content (AvgIpc) is 2.02. The van der Waals surface area contributed by atoms with Crippen molar-refractivity contribution in [2.45, 2.75) is 64.5 Å². The van der Waals surface area contributed by atoms with E-state index >= 15 is 0 Å². The van der Waals surface area contributed by atoms with Gasteiger partial charge in [-0.25, -0.2) is 0 Å². The SMILES string of the molecule is CCCCCCCCCC(N)N.I. The molecule has 3 heteroatoms. The highest BCUT2D eigenvalue weighted by atomic mass is 127. The molecule has 4 N–H and O–H groups in total. The molecule has 0 aromatic carbocycles. The summed E-state index contributed by atoms with van der Waals surface area (Å²) in [5, 5.41) is 0. The molecule has 2 nitrogen and oxygen atoms in total. The quantitative estimate of drug-likeness (QED) is 0.411. The fraction of sp³-hybridized carbons (Fsp3) is 1.00. The van der Waals surface area contributed by atoms with Gasteiger partial charge in [0.15, 0.2) is 0 Å². The van der Waals surface area contributed by atoms with E-state index in [2.05, 4.69) is 6.92 Å². The Kier molecular flexibility index (Phi) is 15.7. The predicted octanol–water partition coefficient (Wildman–Crippen LogP) is 2.99. The van der Waals surface area contributed by atoms with Crippen LogP contribution in [0.15, 0.2) is 0 Å². The van der Waals surface area contributed by atoms with E-state index < -0.39 is 0 Å². The van der Waals surface area contributed by atoms with Gasteiger partial charge in [0.1, 0.15) is 0 Å². The molecule has 0 heterocycles. The summed E-state index contributed by atoms with van der Waals surface area (Å²) < 4.78 is 0. The predicted molar refractivity (Wildman–Crippen MR) is 70.2 cm³/mol. The summed E-state index contributed by atoms with van der Waals surface area (Å²) in [6, 6.07) is 0. The van der Waals surface area contributed by atoms with Gasteiger partial charge in [-0.05, 0) is 6.42 Å². The van der Waals surface area contributed by atoms with Crippen molar-refractivity contribution < 1.29 is 0 Å². The monoisotopic (exact) mass is 300 g/mol. The molecule has 0 atom stereocenters. The second-order valence-electron chi connectivity index (χ2n) is 3.57. The zero-order chi connectivity index (χ0) is 9.23. The molecular formula is C10H25IN2. The smallest absolute Gasteiger partial charge is 0.0520 e. The average molecular weight is 300 g/mol. The summed E-state index contributed by atoms with van der Waals surface area (Å²) in [5.74, 6) is 0. The van der Waals surface area contributed by atoms with E-state index in [1.165, 1.54) is 44.9 Å². The van der Waals surface area contributed by atoms with Crippen LogP contribution in [0.1, 0.15) is 58.3 Å². The molecular weight excluding hydrogens is 275 g/mol. The maximum Gasteiger partial charge on any atom is 0.0520 e. The Morgan fingerprint density at radius 3 is 1.77 bits per heavy atom. The lowest BCUT2D eigenvalue weighted by Gasteiger charge is -2.04. The fourth-order valence-corrected chi connectivity index (χ4v) is 1.34. The molecule has 0 fully saturated rings. The number of halogens is 1. The van der Waals surface area contributed by atoms with Gasteiger partial charge in [-0.2, -0.15) is 0 Å². The number of hydrogen-bond donors (Lipinski definition) is 2. The van der Waals surface area contributed by atoms with E-state index in [-0.39, 0.29) is 30.1 Å². The lowest BCUT2D eigenvalue weighted by Crippen LogP contribution is -2.29. The third-order valence-corrected chi connectivity index (χ3v) is 2.14. The van der Waals surface area contributed by atoms with Crippen LogP contribution in [0.25, 0.3) is 0 Å².